The third-order valence-corrected chi connectivity index (χ3v) is 3.55. The minimum Gasteiger partial charge on any atom is -0.505 e. The Bertz CT molecular complexity index is 958. The molecule has 1 amide bonds. The van der Waals surface area contributed by atoms with Crippen molar-refractivity contribution in [1.82, 2.24) is 14.7 Å². The second-order valence-electron chi connectivity index (χ2n) is 7.34. The molecule has 0 radical (unpaired) electrons. The average Bonchev–Trinajstić information content (AvgIpc) is 2.62. The number of aromatic hydroxyl groups is 1. The van der Waals surface area contributed by atoms with Gasteiger partial charge in [0.2, 0.25) is 0 Å². The van der Waals surface area contributed by atoms with E-state index in [-0.39, 0.29) is 34.3 Å². The molecule has 0 aliphatic heterocycles. The number of phenolic OH excluding ortho intramolecular Hbond substituents is 1. The molecule has 0 aliphatic rings. The monoisotopic (exact) mass is 405 g/mol. The molecule has 0 unspecified atom stereocenters. The Balaban J connectivity index is 0.000000960. The van der Waals surface area contributed by atoms with Gasteiger partial charge in [0.15, 0.2) is 5.75 Å². The van der Waals surface area contributed by atoms with Crippen LogP contribution in [0.3, 0.4) is 0 Å². The number of hydrogen-bond donors (Lipinski definition) is 4. The van der Waals surface area contributed by atoms with E-state index in [9.17, 15) is 19.5 Å². The molecule has 0 saturated heterocycles. The summed E-state index contributed by atoms with van der Waals surface area (Å²) in [6, 6.07) is 4.55. The molecule has 2 aromatic rings. The number of rotatable bonds is 5. The summed E-state index contributed by atoms with van der Waals surface area (Å²) in [4.78, 5) is 37.9. The lowest BCUT2D eigenvalue weighted by molar-refractivity contribution is 0.0824. The van der Waals surface area contributed by atoms with Gasteiger partial charge < -0.3 is 20.6 Å². The molecule has 1 heterocycles. The molecule has 0 bridgehead atoms. The fourth-order valence-electron chi connectivity index (χ4n) is 2.30. The van der Waals surface area contributed by atoms with Gasteiger partial charge in [0, 0.05) is 27.7 Å². The molecule has 1 aromatic carbocycles. The lowest BCUT2D eigenvalue weighted by Gasteiger charge is -2.16. The zero-order chi connectivity index (χ0) is 22.3. The van der Waals surface area contributed by atoms with Crippen LogP contribution in [0.5, 0.6) is 5.75 Å². The van der Waals surface area contributed by atoms with Gasteiger partial charge in [-0.15, -0.1) is 0 Å². The quantitative estimate of drug-likeness (QED) is 0.567. The van der Waals surface area contributed by atoms with Gasteiger partial charge in [0.1, 0.15) is 11.4 Å². The zero-order valence-corrected chi connectivity index (χ0v) is 18.1. The van der Waals surface area contributed by atoms with Crippen LogP contribution in [0, 0.1) is 5.92 Å². The van der Waals surface area contributed by atoms with Crippen molar-refractivity contribution in [3.05, 3.63) is 44.5 Å². The van der Waals surface area contributed by atoms with Crippen LogP contribution < -0.4 is 21.8 Å². The summed E-state index contributed by atoms with van der Waals surface area (Å²) in [6.07, 6.45) is 0. The summed E-state index contributed by atoms with van der Waals surface area (Å²) in [6.45, 7) is 8.72. The summed E-state index contributed by atoms with van der Waals surface area (Å²) in [5.74, 6) is 0.148. The van der Waals surface area contributed by atoms with Gasteiger partial charge in [0.05, 0.1) is 11.3 Å². The van der Waals surface area contributed by atoms with Crippen molar-refractivity contribution < 1.29 is 9.90 Å². The van der Waals surface area contributed by atoms with Crippen molar-refractivity contribution in [1.29, 1.82) is 0 Å². The number of aromatic amines is 1. The number of H-pyrrole nitrogens is 1. The minimum atomic E-state index is -0.540. The molecule has 9 nitrogen and oxygen atoms in total. The highest BCUT2D eigenvalue weighted by molar-refractivity contribution is 5.98. The van der Waals surface area contributed by atoms with Gasteiger partial charge in [0.25, 0.3) is 17.0 Å². The molecular formula is C20H31N5O4. The van der Waals surface area contributed by atoms with Crippen LogP contribution in [0.15, 0.2) is 27.8 Å². The summed E-state index contributed by atoms with van der Waals surface area (Å²) in [5, 5.41) is 18.4. The molecule has 9 heteroatoms. The fraction of sp³-hybridized carbons (Fsp3) is 0.450. The normalized spacial score (nSPS) is 10.2. The molecule has 0 atom stereocenters. The SMILES string of the molecule is CC(C)C.CCNc1c(Nc2cccc(C(=O)N(C)C)c2O)c(=O)[nH]n(C)c1=O. The molecular weight excluding hydrogens is 374 g/mol. The number of hydrogen-bond acceptors (Lipinski definition) is 6. The van der Waals surface area contributed by atoms with Crippen LogP contribution in [-0.2, 0) is 7.05 Å². The van der Waals surface area contributed by atoms with Crippen molar-refractivity contribution >= 4 is 23.0 Å². The Kier molecular flexibility index (Phi) is 8.50. The minimum absolute atomic E-state index is 0.0327. The number of nitrogens with one attached hydrogen (secondary N) is 3. The van der Waals surface area contributed by atoms with Gasteiger partial charge in [-0.1, -0.05) is 26.8 Å². The highest BCUT2D eigenvalue weighted by Gasteiger charge is 2.19. The molecule has 0 fully saturated rings. The van der Waals surface area contributed by atoms with E-state index in [1.54, 1.807) is 27.1 Å². The maximum Gasteiger partial charge on any atom is 0.290 e. The smallest absolute Gasteiger partial charge is 0.290 e. The molecule has 160 valence electrons. The maximum absolute atomic E-state index is 12.3. The van der Waals surface area contributed by atoms with Crippen molar-refractivity contribution in [3.63, 3.8) is 0 Å². The Labute approximate surface area is 170 Å². The Hall–Kier alpha value is -3.23. The van der Waals surface area contributed by atoms with Crippen molar-refractivity contribution in [2.75, 3.05) is 31.3 Å². The predicted molar refractivity (Wildman–Crippen MR) is 116 cm³/mol. The summed E-state index contributed by atoms with van der Waals surface area (Å²) in [5.41, 5.74) is -0.691. The van der Waals surface area contributed by atoms with Crippen LogP contribution in [0.25, 0.3) is 0 Å². The van der Waals surface area contributed by atoms with E-state index in [1.807, 2.05) is 0 Å². The van der Waals surface area contributed by atoms with E-state index < -0.39 is 11.1 Å². The highest BCUT2D eigenvalue weighted by atomic mass is 16.3. The Morgan fingerprint density at radius 3 is 2.31 bits per heavy atom. The van der Waals surface area contributed by atoms with Crippen molar-refractivity contribution in [2.45, 2.75) is 27.7 Å². The number of carbonyl (C=O) groups is 1. The fourth-order valence-corrected chi connectivity index (χ4v) is 2.30. The summed E-state index contributed by atoms with van der Waals surface area (Å²) >= 11 is 0. The molecule has 0 saturated carbocycles. The lowest BCUT2D eigenvalue weighted by atomic mass is 10.1. The lowest BCUT2D eigenvalue weighted by Crippen LogP contribution is -2.32. The van der Waals surface area contributed by atoms with E-state index in [0.717, 1.165) is 10.6 Å². The largest absolute Gasteiger partial charge is 0.505 e. The van der Waals surface area contributed by atoms with E-state index in [1.165, 1.54) is 24.1 Å². The second kappa shape index (κ2) is 10.4. The number of para-hydroxylation sites is 1. The van der Waals surface area contributed by atoms with Crippen LogP contribution in [0.4, 0.5) is 17.1 Å². The second-order valence-corrected chi connectivity index (χ2v) is 7.34. The number of benzene rings is 1. The Morgan fingerprint density at radius 2 is 1.79 bits per heavy atom. The average molecular weight is 405 g/mol. The molecule has 4 N–H and O–H groups in total. The number of aryl methyl sites for hydroxylation is 1. The molecule has 2 rings (SSSR count). The number of carbonyl (C=O) groups excluding carboxylic acids is 1. The first-order valence-corrected chi connectivity index (χ1v) is 9.39. The number of anilines is 3. The molecule has 1 aromatic heterocycles. The van der Waals surface area contributed by atoms with Gasteiger partial charge in [-0.3, -0.25) is 24.2 Å². The van der Waals surface area contributed by atoms with Crippen LogP contribution in [-0.4, -0.2) is 46.3 Å². The first-order valence-electron chi connectivity index (χ1n) is 9.39. The highest BCUT2D eigenvalue weighted by Crippen LogP contribution is 2.31. The van der Waals surface area contributed by atoms with Gasteiger partial charge in [-0.2, -0.15) is 0 Å². The van der Waals surface area contributed by atoms with Gasteiger partial charge in [-0.05, 0) is 25.0 Å². The van der Waals surface area contributed by atoms with E-state index in [4.69, 9.17) is 0 Å². The third kappa shape index (κ3) is 6.13. The predicted octanol–water partition coefficient (Wildman–Crippen LogP) is 2.32. The van der Waals surface area contributed by atoms with E-state index in [2.05, 4.69) is 36.5 Å². The van der Waals surface area contributed by atoms with Gasteiger partial charge in [-0.25, -0.2) is 0 Å². The number of nitrogens with zero attached hydrogens (tertiary/aromatic N) is 2. The number of aromatic nitrogens is 2. The molecule has 0 aliphatic carbocycles. The van der Waals surface area contributed by atoms with Crippen LogP contribution in [0.2, 0.25) is 0 Å². The molecule has 29 heavy (non-hydrogen) atoms. The maximum atomic E-state index is 12.3. The van der Waals surface area contributed by atoms with E-state index in [0.29, 0.717) is 6.54 Å². The third-order valence-electron chi connectivity index (χ3n) is 3.55. The molecule has 0 spiro atoms. The van der Waals surface area contributed by atoms with Crippen LogP contribution in [0.1, 0.15) is 38.1 Å². The topological polar surface area (TPSA) is 119 Å². The number of amides is 1. The summed E-state index contributed by atoms with van der Waals surface area (Å²) in [7, 11) is 4.57. The Morgan fingerprint density at radius 1 is 1.21 bits per heavy atom. The van der Waals surface area contributed by atoms with Crippen molar-refractivity contribution in [2.24, 2.45) is 13.0 Å². The zero-order valence-electron chi connectivity index (χ0n) is 18.1. The van der Waals surface area contributed by atoms with Crippen LogP contribution >= 0.6 is 0 Å². The van der Waals surface area contributed by atoms with E-state index >= 15 is 0 Å². The van der Waals surface area contributed by atoms with Crippen molar-refractivity contribution in [3.8, 4) is 5.75 Å². The summed E-state index contributed by atoms with van der Waals surface area (Å²) < 4.78 is 1.07. The number of phenols is 1. The first-order chi connectivity index (χ1) is 13.5. The van der Waals surface area contributed by atoms with Gasteiger partial charge >= 0.3 is 0 Å². The first kappa shape index (κ1) is 23.8. The standard InChI is InChI=1S/C16H21N5O4.C4H10/c1-5-17-12-11(14(23)19-21(4)16(12)25)18-10-8-6-7-9(13(10)22)15(24)20(2)3;1-4(2)3/h6-8,17-18,22H,5H2,1-4H3,(H,19,23);4H,1-3H3.